The minimum atomic E-state index is -0.620. The Hall–Kier alpha value is -2.11. The van der Waals surface area contributed by atoms with Crippen LogP contribution in [0.3, 0.4) is 0 Å². The maximum atomic E-state index is 11.7. The number of carbonyl (C=O) groups is 1. The molecule has 0 amide bonds. The number of rotatable bonds is 4. The van der Waals surface area contributed by atoms with Crippen molar-refractivity contribution < 1.29 is 19.6 Å². The van der Waals surface area contributed by atoms with Crippen molar-refractivity contribution in [2.45, 2.75) is 46.1 Å². The van der Waals surface area contributed by atoms with Crippen molar-refractivity contribution in [1.29, 1.82) is 0 Å². The van der Waals surface area contributed by atoms with Crippen molar-refractivity contribution in [3.05, 3.63) is 33.4 Å². The van der Waals surface area contributed by atoms with E-state index in [4.69, 9.17) is 4.74 Å². The third-order valence-corrected chi connectivity index (χ3v) is 2.56. The van der Waals surface area contributed by atoms with E-state index in [1.54, 1.807) is 33.8 Å². The first-order chi connectivity index (χ1) is 9.14. The molecule has 6 nitrogen and oxygen atoms in total. The minimum Gasteiger partial charge on any atom is -0.502 e. The Labute approximate surface area is 117 Å². The van der Waals surface area contributed by atoms with Crippen molar-refractivity contribution in [1.82, 2.24) is 0 Å². The third-order valence-electron chi connectivity index (χ3n) is 2.56. The number of nitro groups is 1. The van der Waals surface area contributed by atoms with Gasteiger partial charge < -0.3 is 9.84 Å². The van der Waals surface area contributed by atoms with Gasteiger partial charge in [-0.05, 0) is 44.9 Å². The van der Waals surface area contributed by atoms with E-state index in [1.165, 1.54) is 6.07 Å². The normalized spacial score (nSPS) is 11.2. The molecule has 0 aliphatic rings. The maximum absolute atomic E-state index is 11.7. The summed E-state index contributed by atoms with van der Waals surface area (Å²) in [7, 11) is 0. The van der Waals surface area contributed by atoms with Gasteiger partial charge in [-0.3, -0.25) is 14.9 Å². The van der Waals surface area contributed by atoms with Crippen LogP contribution < -0.4 is 0 Å². The number of nitrogens with zero attached hydrogens (tertiary/aromatic N) is 1. The predicted octanol–water partition coefficient (Wildman–Crippen LogP) is 2.75. The zero-order chi connectivity index (χ0) is 15.5. The van der Waals surface area contributed by atoms with E-state index in [9.17, 15) is 20.0 Å². The molecule has 6 heteroatoms. The fraction of sp³-hybridized carbons (Fsp3) is 0.500. The second kappa shape index (κ2) is 5.90. The molecule has 0 spiro atoms. The number of hydrogen-bond donors (Lipinski definition) is 1. The summed E-state index contributed by atoms with van der Waals surface area (Å²) in [5, 5.41) is 20.6. The fourth-order valence-corrected chi connectivity index (χ4v) is 1.87. The maximum Gasteiger partial charge on any atom is 0.313 e. The SMILES string of the molecule is CCc1cc(CC(=O)OC(C)(C)C)cc(O)c1[N+](=O)[O-]. The fourth-order valence-electron chi connectivity index (χ4n) is 1.87. The van der Waals surface area contributed by atoms with Gasteiger partial charge in [0.05, 0.1) is 11.3 Å². The number of phenolic OH excluding ortho intramolecular Hbond substituents is 1. The number of carbonyl (C=O) groups excluding carboxylic acids is 1. The van der Waals surface area contributed by atoms with E-state index in [1.807, 2.05) is 0 Å². The smallest absolute Gasteiger partial charge is 0.313 e. The topological polar surface area (TPSA) is 89.7 Å². The number of benzene rings is 1. The lowest BCUT2D eigenvalue weighted by molar-refractivity contribution is -0.386. The lowest BCUT2D eigenvalue weighted by atomic mass is 10.0. The van der Waals surface area contributed by atoms with E-state index in [0.717, 1.165) is 0 Å². The Morgan fingerprint density at radius 2 is 2.00 bits per heavy atom. The Balaban J connectivity index is 3.01. The van der Waals surface area contributed by atoms with Gasteiger partial charge in [0.2, 0.25) is 0 Å². The van der Waals surface area contributed by atoms with Gasteiger partial charge in [0.15, 0.2) is 5.75 Å². The zero-order valence-electron chi connectivity index (χ0n) is 12.1. The van der Waals surface area contributed by atoms with Crippen LogP contribution in [-0.2, 0) is 22.4 Å². The molecule has 0 fully saturated rings. The number of esters is 1. The highest BCUT2D eigenvalue weighted by Crippen LogP contribution is 2.32. The molecule has 110 valence electrons. The van der Waals surface area contributed by atoms with E-state index >= 15 is 0 Å². The van der Waals surface area contributed by atoms with Crippen molar-refractivity contribution in [2.75, 3.05) is 0 Å². The molecule has 0 radical (unpaired) electrons. The number of phenols is 1. The van der Waals surface area contributed by atoms with Crippen molar-refractivity contribution in [3.63, 3.8) is 0 Å². The van der Waals surface area contributed by atoms with Gasteiger partial charge in [-0.1, -0.05) is 6.92 Å². The van der Waals surface area contributed by atoms with Crippen LogP contribution in [-0.4, -0.2) is 21.6 Å². The predicted molar refractivity (Wildman–Crippen MR) is 73.7 cm³/mol. The first-order valence-electron chi connectivity index (χ1n) is 6.35. The number of ether oxygens (including phenoxy) is 1. The molecule has 0 bridgehead atoms. The summed E-state index contributed by atoms with van der Waals surface area (Å²) in [5.74, 6) is -0.860. The van der Waals surface area contributed by atoms with Gasteiger partial charge in [0.25, 0.3) is 0 Å². The highest BCUT2D eigenvalue weighted by Gasteiger charge is 2.22. The number of hydrogen-bond acceptors (Lipinski definition) is 5. The van der Waals surface area contributed by atoms with Crippen LogP contribution in [0.5, 0.6) is 5.75 Å². The van der Waals surface area contributed by atoms with Gasteiger partial charge in [-0.2, -0.15) is 0 Å². The van der Waals surface area contributed by atoms with Gasteiger partial charge >= 0.3 is 11.7 Å². The molecule has 0 aliphatic carbocycles. The van der Waals surface area contributed by atoms with E-state index in [2.05, 4.69) is 0 Å². The molecule has 0 heterocycles. The molecule has 1 aromatic rings. The molecule has 0 aromatic heterocycles. The Morgan fingerprint density at radius 1 is 1.40 bits per heavy atom. The number of aromatic hydroxyl groups is 1. The molecule has 1 N–H and O–H groups in total. The van der Waals surface area contributed by atoms with E-state index in [-0.39, 0.29) is 12.1 Å². The van der Waals surface area contributed by atoms with Crippen LogP contribution in [0.4, 0.5) is 5.69 Å². The molecule has 0 unspecified atom stereocenters. The van der Waals surface area contributed by atoms with Crippen molar-refractivity contribution in [2.24, 2.45) is 0 Å². The first-order valence-corrected chi connectivity index (χ1v) is 6.35. The molecule has 0 saturated heterocycles. The highest BCUT2D eigenvalue weighted by atomic mass is 16.6. The molecular weight excluding hydrogens is 262 g/mol. The van der Waals surface area contributed by atoms with Crippen LogP contribution in [0.1, 0.15) is 38.8 Å². The largest absolute Gasteiger partial charge is 0.502 e. The molecule has 0 saturated carbocycles. The average Bonchev–Trinajstić information content (AvgIpc) is 2.24. The van der Waals surface area contributed by atoms with Crippen LogP contribution in [0.2, 0.25) is 0 Å². The second-order valence-electron chi connectivity index (χ2n) is 5.50. The van der Waals surface area contributed by atoms with Crippen LogP contribution in [0.25, 0.3) is 0 Å². The van der Waals surface area contributed by atoms with Gasteiger partial charge in [-0.25, -0.2) is 0 Å². The summed E-state index contributed by atoms with van der Waals surface area (Å²) in [6, 6.07) is 2.79. The summed E-state index contributed by atoms with van der Waals surface area (Å²) >= 11 is 0. The van der Waals surface area contributed by atoms with E-state index < -0.39 is 22.2 Å². The van der Waals surface area contributed by atoms with Crippen molar-refractivity contribution >= 4 is 11.7 Å². The summed E-state index contributed by atoms with van der Waals surface area (Å²) in [5.41, 5.74) is 0.00113. The molecule has 0 atom stereocenters. The Morgan fingerprint density at radius 3 is 2.45 bits per heavy atom. The zero-order valence-corrected chi connectivity index (χ0v) is 12.1. The number of aryl methyl sites for hydroxylation is 1. The molecule has 20 heavy (non-hydrogen) atoms. The monoisotopic (exact) mass is 281 g/mol. The molecule has 1 rings (SSSR count). The van der Waals surface area contributed by atoms with Gasteiger partial charge in [0, 0.05) is 5.56 Å². The molecule has 0 aliphatic heterocycles. The van der Waals surface area contributed by atoms with E-state index in [0.29, 0.717) is 17.5 Å². The van der Waals surface area contributed by atoms with Crippen molar-refractivity contribution in [3.8, 4) is 5.75 Å². The molecule has 1 aromatic carbocycles. The Kier molecular flexibility index (Phi) is 4.70. The second-order valence-corrected chi connectivity index (χ2v) is 5.50. The summed E-state index contributed by atoms with van der Waals surface area (Å²) in [6.07, 6.45) is 0.363. The van der Waals surface area contributed by atoms with Crippen LogP contribution in [0.15, 0.2) is 12.1 Å². The van der Waals surface area contributed by atoms with Gasteiger partial charge in [0.1, 0.15) is 5.60 Å². The standard InChI is InChI=1S/C14H19NO5/c1-5-10-6-9(7-11(16)13(10)15(18)19)8-12(17)20-14(2,3)4/h6-7,16H,5,8H2,1-4H3. The Bertz CT molecular complexity index is 531. The summed E-state index contributed by atoms with van der Waals surface area (Å²) < 4.78 is 5.18. The third kappa shape index (κ3) is 4.22. The molecular formula is C14H19NO5. The van der Waals surface area contributed by atoms with Crippen LogP contribution in [0, 0.1) is 10.1 Å². The first kappa shape index (κ1) is 15.9. The lowest BCUT2D eigenvalue weighted by Crippen LogP contribution is -2.24. The minimum absolute atomic E-state index is 0.0319. The summed E-state index contributed by atoms with van der Waals surface area (Å²) in [6.45, 7) is 7.03. The average molecular weight is 281 g/mol. The highest BCUT2D eigenvalue weighted by molar-refractivity contribution is 5.74. The van der Waals surface area contributed by atoms with Crippen LogP contribution >= 0.6 is 0 Å². The number of nitro benzene ring substituents is 1. The van der Waals surface area contributed by atoms with Gasteiger partial charge in [-0.15, -0.1) is 0 Å². The lowest BCUT2D eigenvalue weighted by Gasteiger charge is -2.19. The quantitative estimate of drug-likeness (QED) is 0.520. The summed E-state index contributed by atoms with van der Waals surface area (Å²) in [4.78, 5) is 22.0.